The number of amides is 1. The van der Waals surface area contributed by atoms with Gasteiger partial charge in [-0.25, -0.2) is 0 Å². The first kappa shape index (κ1) is 14.9. The number of carbonyl (C=O) groups excluding carboxylic acids is 1. The summed E-state index contributed by atoms with van der Waals surface area (Å²) in [5.41, 5.74) is -4.31. The Morgan fingerprint density at radius 1 is 1.29 bits per heavy atom. The maximum atomic E-state index is 11.9. The molecule has 17 heavy (non-hydrogen) atoms. The predicted octanol–water partition coefficient (Wildman–Crippen LogP) is 1.34. The van der Waals surface area contributed by atoms with Gasteiger partial charge in [-0.15, -0.1) is 12.4 Å². The van der Waals surface area contributed by atoms with Crippen LogP contribution in [0.4, 0.5) is 13.2 Å². The van der Waals surface area contributed by atoms with E-state index in [-0.39, 0.29) is 24.2 Å². The van der Waals surface area contributed by atoms with Crippen LogP contribution in [0.5, 0.6) is 0 Å². The summed E-state index contributed by atoms with van der Waals surface area (Å²) >= 11 is -0.250. The standard InChI is InChI=1S/C9H13F3N2OS.ClH/c10-9(11,12)16-5-8(15)14-3-6-1-13-2-7(6)4-14;/h6-7,13H,1-5H2;1H/t6-,7+;. The smallest absolute Gasteiger partial charge is 0.341 e. The Morgan fingerprint density at radius 2 is 1.82 bits per heavy atom. The summed E-state index contributed by atoms with van der Waals surface area (Å²) in [6.45, 7) is 2.96. The highest BCUT2D eigenvalue weighted by Gasteiger charge is 2.39. The molecule has 0 unspecified atom stereocenters. The van der Waals surface area contributed by atoms with Crippen molar-refractivity contribution >= 4 is 30.1 Å². The number of fused-ring (bicyclic) bond motifs is 1. The molecule has 0 radical (unpaired) electrons. The van der Waals surface area contributed by atoms with E-state index in [2.05, 4.69) is 5.32 Å². The number of rotatable bonds is 2. The van der Waals surface area contributed by atoms with Gasteiger partial charge in [-0.3, -0.25) is 4.79 Å². The van der Waals surface area contributed by atoms with E-state index < -0.39 is 17.2 Å². The van der Waals surface area contributed by atoms with Crippen molar-refractivity contribution in [3.8, 4) is 0 Å². The molecule has 0 spiro atoms. The Balaban J connectivity index is 0.00000144. The highest BCUT2D eigenvalue weighted by molar-refractivity contribution is 8.00. The number of alkyl halides is 3. The first-order valence-electron chi connectivity index (χ1n) is 5.15. The first-order valence-corrected chi connectivity index (χ1v) is 6.13. The summed E-state index contributed by atoms with van der Waals surface area (Å²) in [5.74, 6) is -0.0208. The van der Waals surface area contributed by atoms with Gasteiger partial charge in [0, 0.05) is 26.2 Å². The molecular weight excluding hydrogens is 277 g/mol. The van der Waals surface area contributed by atoms with Crippen LogP contribution in [0.2, 0.25) is 0 Å². The lowest BCUT2D eigenvalue weighted by Crippen LogP contribution is -2.33. The lowest BCUT2D eigenvalue weighted by Gasteiger charge is -2.17. The molecule has 2 aliphatic heterocycles. The van der Waals surface area contributed by atoms with Crippen molar-refractivity contribution in [2.75, 3.05) is 31.9 Å². The van der Waals surface area contributed by atoms with E-state index in [0.29, 0.717) is 24.9 Å². The van der Waals surface area contributed by atoms with Gasteiger partial charge >= 0.3 is 5.51 Å². The van der Waals surface area contributed by atoms with Crippen LogP contribution in [-0.4, -0.2) is 48.2 Å². The summed E-state index contributed by atoms with van der Waals surface area (Å²) in [6, 6.07) is 0. The summed E-state index contributed by atoms with van der Waals surface area (Å²) in [7, 11) is 0. The van der Waals surface area contributed by atoms with Crippen molar-refractivity contribution < 1.29 is 18.0 Å². The van der Waals surface area contributed by atoms with E-state index in [1.807, 2.05) is 0 Å². The number of likely N-dealkylation sites (tertiary alicyclic amines) is 1. The zero-order valence-corrected chi connectivity index (χ0v) is 10.6. The Kier molecular flexibility index (Phi) is 4.97. The number of thioether (sulfide) groups is 1. The van der Waals surface area contributed by atoms with E-state index in [9.17, 15) is 18.0 Å². The zero-order valence-electron chi connectivity index (χ0n) is 9.00. The Morgan fingerprint density at radius 3 is 2.29 bits per heavy atom. The third-order valence-electron chi connectivity index (χ3n) is 3.10. The van der Waals surface area contributed by atoms with Crippen LogP contribution in [0.25, 0.3) is 0 Å². The molecule has 8 heteroatoms. The molecule has 2 atom stereocenters. The third-order valence-corrected chi connectivity index (χ3v) is 3.82. The summed E-state index contributed by atoms with van der Waals surface area (Å²) in [5, 5.41) is 3.22. The average molecular weight is 291 g/mol. The Labute approximate surface area is 108 Å². The molecule has 2 saturated heterocycles. The summed E-state index contributed by atoms with van der Waals surface area (Å²) < 4.78 is 35.7. The van der Waals surface area contributed by atoms with Crippen LogP contribution in [-0.2, 0) is 4.79 Å². The first-order chi connectivity index (χ1) is 7.46. The van der Waals surface area contributed by atoms with Gasteiger partial charge in [0.05, 0.1) is 5.75 Å². The molecule has 2 fully saturated rings. The number of hydrogen-bond acceptors (Lipinski definition) is 3. The van der Waals surface area contributed by atoms with E-state index in [1.54, 1.807) is 4.90 Å². The van der Waals surface area contributed by atoms with Gasteiger partial charge in [0.1, 0.15) is 0 Å². The predicted molar refractivity (Wildman–Crippen MR) is 62.2 cm³/mol. The molecule has 1 N–H and O–H groups in total. The third kappa shape index (κ3) is 3.93. The number of nitrogens with one attached hydrogen (secondary N) is 1. The molecule has 0 aromatic rings. The molecule has 0 aromatic heterocycles. The van der Waals surface area contributed by atoms with Gasteiger partial charge in [-0.05, 0) is 23.6 Å². The second-order valence-electron chi connectivity index (χ2n) is 4.21. The number of hydrogen-bond donors (Lipinski definition) is 1. The lowest BCUT2D eigenvalue weighted by molar-refractivity contribution is -0.127. The Bertz CT molecular complexity index is 278. The molecular formula is C9H14ClF3N2OS. The van der Waals surface area contributed by atoms with E-state index in [4.69, 9.17) is 0 Å². The fraction of sp³-hybridized carbons (Fsp3) is 0.889. The monoisotopic (exact) mass is 290 g/mol. The maximum Gasteiger partial charge on any atom is 0.442 e. The molecule has 100 valence electrons. The van der Waals surface area contributed by atoms with E-state index in [0.717, 1.165) is 13.1 Å². The second kappa shape index (κ2) is 5.67. The fourth-order valence-electron chi connectivity index (χ4n) is 2.29. The molecule has 2 aliphatic rings. The molecule has 0 bridgehead atoms. The highest BCUT2D eigenvalue weighted by Crippen LogP contribution is 2.31. The number of halogens is 4. The largest absolute Gasteiger partial charge is 0.442 e. The highest BCUT2D eigenvalue weighted by atomic mass is 35.5. The minimum Gasteiger partial charge on any atom is -0.341 e. The van der Waals surface area contributed by atoms with Crippen molar-refractivity contribution in [2.24, 2.45) is 11.8 Å². The molecule has 2 heterocycles. The zero-order chi connectivity index (χ0) is 11.8. The minimum atomic E-state index is -4.31. The van der Waals surface area contributed by atoms with Crippen molar-refractivity contribution in [1.82, 2.24) is 10.2 Å². The Hall–Kier alpha value is -0.140. The van der Waals surface area contributed by atoms with Crippen LogP contribution in [0, 0.1) is 11.8 Å². The van der Waals surface area contributed by atoms with Gasteiger partial charge in [0.25, 0.3) is 0 Å². The van der Waals surface area contributed by atoms with Crippen molar-refractivity contribution in [2.45, 2.75) is 5.51 Å². The summed E-state index contributed by atoms with van der Waals surface area (Å²) in [4.78, 5) is 13.1. The van der Waals surface area contributed by atoms with E-state index in [1.165, 1.54) is 0 Å². The SMILES string of the molecule is Cl.O=C(CSC(F)(F)F)N1C[C@H]2CNC[C@H]2C1. The van der Waals surface area contributed by atoms with Gasteiger partial charge in [-0.1, -0.05) is 0 Å². The summed E-state index contributed by atoms with van der Waals surface area (Å²) in [6.07, 6.45) is 0. The number of carbonyl (C=O) groups is 1. The van der Waals surface area contributed by atoms with Gasteiger partial charge in [0.15, 0.2) is 0 Å². The normalized spacial score (nSPS) is 27.8. The van der Waals surface area contributed by atoms with Crippen molar-refractivity contribution in [1.29, 1.82) is 0 Å². The topological polar surface area (TPSA) is 32.3 Å². The van der Waals surface area contributed by atoms with E-state index >= 15 is 0 Å². The van der Waals surface area contributed by atoms with Gasteiger partial charge in [0.2, 0.25) is 5.91 Å². The van der Waals surface area contributed by atoms with Crippen LogP contribution in [0.15, 0.2) is 0 Å². The quantitative estimate of drug-likeness (QED) is 0.833. The van der Waals surface area contributed by atoms with Gasteiger partial charge in [-0.2, -0.15) is 13.2 Å². The van der Waals surface area contributed by atoms with Crippen molar-refractivity contribution in [3.63, 3.8) is 0 Å². The number of nitrogens with zero attached hydrogens (tertiary/aromatic N) is 1. The second-order valence-corrected chi connectivity index (χ2v) is 5.25. The van der Waals surface area contributed by atoms with Crippen LogP contribution < -0.4 is 5.32 Å². The average Bonchev–Trinajstić information content (AvgIpc) is 2.71. The van der Waals surface area contributed by atoms with Crippen LogP contribution >= 0.6 is 24.2 Å². The molecule has 0 aromatic carbocycles. The van der Waals surface area contributed by atoms with Crippen LogP contribution in [0.3, 0.4) is 0 Å². The molecule has 3 nitrogen and oxygen atoms in total. The molecule has 2 rings (SSSR count). The maximum absolute atomic E-state index is 11.9. The minimum absolute atomic E-state index is 0. The molecule has 0 aliphatic carbocycles. The van der Waals surface area contributed by atoms with Gasteiger partial charge < -0.3 is 10.2 Å². The van der Waals surface area contributed by atoms with Crippen molar-refractivity contribution in [3.05, 3.63) is 0 Å². The fourth-order valence-corrected chi connectivity index (χ4v) is 2.76. The lowest BCUT2D eigenvalue weighted by atomic mass is 10.0. The van der Waals surface area contributed by atoms with Crippen LogP contribution in [0.1, 0.15) is 0 Å². The molecule has 0 saturated carbocycles. The molecule has 1 amide bonds.